The molecule has 8 heteroatoms. The number of benzene rings is 2. The Balaban J connectivity index is 1.35. The highest BCUT2D eigenvalue weighted by Gasteiger charge is 2.21. The number of hydrogen-bond acceptors (Lipinski definition) is 7. The van der Waals surface area contributed by atoms with Gasteiger partial charge in [0, 0.05) is 50.2 Å². The van der Waals surface area contributed by atoms with Crippen LogP contribution in [0, 0.1) is 0 Å². The third kappa shape index (κ3) is 4.85. The number of piperazine rings is 1. The van der Waals surface area contributed by atoms with E-state index in [4.69, 9.17) is 5.73 Å². The summed E-state index contributed by atoms with van der Waals surface area (Å²) in [4.78, 5) is 37.0. The first-order chi connectivity index (χ1) is 15.5. The zero-order chi connectivity index (χ0) is 22.5. The molecular weight excluding hydrogens is 404 g/mol. The molecule has 2 heterocycles. The van der Waals surface area contributed by atoms with Gasteiger partial charge in [0.1, 0.15) is 5.82 Å². The molecule has 0 spiro atoms. The number of nitrogens with two attached hydrogens (primary N) is 1. The Hall–Kier alpha value is -3.94. The Morgan fingerprint density at radius 3 is 2.25 bits per heavy atom. The van der Waals surface area contributed by atoms with E-state index in [1.54, 1.807) is 6.92 Å². The Labute approximate surface area is 187 Å². The van der Waals surface area contributed by atoms with E-state index in [1.165, 1.54) is 6.20 Å². The summed E-state index contributed by atoms with van der Waals surface area (Å²) in [6.07, 6.45) is 1.49. The number of Topliss-reactive ketones (excluding diaryl/α,β-unsaturated/α-hetero) is 1. The number of nitrogens with zero attached hydrogens (tertiary/aromatic N) is 4. The molecule has 1 aliphatic heterocycles. The summed E-state index contributed by atoms with van der Waals surface area (Å²) in [6.45, 7) is 5.03. The van der Waals surface area contributed by atoms with E-state index in [1.807, 2.05) is 54.6 Å². The molecule has 2 aromatic carbocycles. The Morgan fingerprint density at radius 2 is 1.62 bits per heavy atom. The van der Waals surface area contributed by atoms with Crippen LogP contribution in [-0.2, 0) is 6.54 Å². The molecule has 0 bridgehead atoms. The number of nitrogens with one attached hydrogen (secondary N) is 1. The average Bonchev–Trinajstić information content (AvgIpc) is 2.83. The van der Waals surface area contributed by atoms with Crippen LogP contribution in [0.25, 0.3) is 0 Å². The highest BCUT2D eigenvalue weighted by atomic mass is 16.1. The first-order valence-electron chi connectivity index (χ1n) is 10.6. The number of anilines is 3. The van der Waals surface area contributed by atoms with Gasteiger partial charge in [-0.3, -0.25) is 9.59 Å². The van der Waals surface area contributed by atoms with Gasteiger partial charge >= 0.3 is 0 Å². The van der Waals surface area contributed by atoms with Crippen LogP contribution in [0.1, 0.15) is 33.2 Å². The fourth-order valence-corrected chi connectivity index (χ4v) is 3.66. The molecule has 1 aromatic heterocycles. The number of carbonyl (C=O) groups is 2. The van der Waals surface area contributed by atoms with Crippen molar-refractivity contribution in [2.75, 3.05) is 41.7 Å². The van der Waals surface area contributed by atoms with Gasteiger partial charge in [0.15, 0.2) is 5.78 Å². The molecule has 164 valence electrons. The van der Waals surface area contributed by atoms with Gasteiger partial charge in [0.05, 0.1) is 5.56 Å². The van der Waals surface area contributed by atoms with Crippen molar-refractivity contribution in [3.8, 4) is 0 Å². The molecule has 0 saturated carbocycles. The lowest BCUT2D eigenvalue weighted by atomic mass is 10.1. The predicted molar refractivity (Wildman–Crippen MR) is 125 cm³/mol. The minimum absolute atomic E-state index is 0.0632. The molecule has 0 radical (unpaired) electrons. The molecule has 3 N–H and O–H groups in total. The Morgan fingerprint density at radius 1 is 0.969 bits per heavy atom. The van der Waals surface area contributed by atoms with Crippen LogP contribution in [0.5, 0.6) is 0 Å². The van der Waals surface area contributed by atoms with Crippen molar-refractivity contribution in [3.63, 3.8) is 0 Å². The van der Waals surface area contributed by atoms with Crippen LogP contribution in [0.4, 0.5) is 17.5 Å². The molecule has 1 amide bonds. The number of nitrogen functional groups attached to an aromatic ring is 1. The number of amides is 1. The van der Waals surface area contributed by atoms with Gasteiger partial charge in [-0.15, -0.1) is 0 Å². The maximum Gasteiger partial charge on any atom is 0.256 e. The van der Waals surface area contributed by atoms with Crippen molar-refractivity contribution in [3.05, 3.63) is 77.5 Å². The van der Waals surface area contributed by atoms with Crippen LogP contribution in [0.3, 0.4) is 0 Å². The first kappa shape index (κ1) is 21.3. The molecule has 32 heavy (non-hydrogen) atoms. The van der Waals surface area contributed by atoms with E-state index in [-0.39, 0.29) is 23.1 Å². The summed E-state index contributed by atoms with van der Waals surface area (Å²) in [6, 6.07) is 17.3. The van der Waals surface area contributed by atoms with E-state index in [0.717, 1.165) is 37.4 Å². The Kier molecular flexibility index (Phi) is 6.30. The summed E-state index contributed by atoms with van der Waals surface area (Å²) in [5.74, 6) is 0.460. The molecule has 3 aromatic rings. The van der Waals surface area contributed by atoms with Gasteiger partial charge in [0.2, 0.25) is 5.95 Å². The minimum atomic E-state index is -0.295. The Bertz CT molecular complexity index is 1090. The highest BCUT2D eigenvalue weighted by Crippen LogP contribution is 2.20. The smallest absolute Gasteiger partial charge is 0.256 e. The molecule has 1 aliphatic rings. The minimum Gasteiger partial charge on any atom is -0.383 e. The molecule has 1 saturated heterocycles. The second-order valence-electron chi connectivity index (χ2n) is 7.71. The third-order valence-electron chi connectivity index (χ3n) is 5.55. The largest absolute Gasteiger partial charge is 0.383 e. The van der Waals surface area contributed by atoms with E-state index in [2.05, 4.69) is 25.1 Å². The van der Waals surface area contributed by atoms with Crippen LogP contribution in [0.2, 0.25) is 0 Å². The summed E-state index contributed by atoms with van der Waals surface area (Å²) >= 11 is 0. The topological polar surface area (TPSA) is 104 Å². The van der Waals surface area contributed by atoms with Crippen molar-refractivity contribution in [1.82, 2.24) is 15.3 Å². The zero-order valence-corrected chi connectivity index (χ0v) is 18.0. The van der Waals surface area contributed by atoms with E-state index in [0.29, 0.717) is 18.1 Å². The summed E-state index contributed by atoms with van der Waals surface area (Å²) in [5.41, 5.74) is 9.15. The van der Waals surface area contributed by atoms with Gasteiger partial charge in [-0.1, -0.05) is 30.3 Å². The van der Waals surface area contributed by atoms with E-state index in [9.17, 15) is 9.59 Å². The molecule has 0 atom stereocenters. The van der Waals surface area contributed by atoms with Crippen molar-refractivity contribution in [1.29, 1.82) is 0 Å². The highest BCUT2D eigenvalue weighted by molar-refractivity contribution is 5.98. The lowest BCUT2D eigenvalue weighted by molar-refractivity contribution is 0.0950. The molecule has 0 aliphatic carbocycles. The standard InChI is InChI=1S/C24H26N6O2/c1-17(31)19-7-9-20(10-8-19)29-11-13-30(14-12-29)24-27-16-21(22(25)28-24)23(32)26-15-18-5-3-2-4-6-18/h2-10,16H,11-15H2,1H3,(H,26,32)(H2,25,27,28). The lowest BCUT2D eigenvalue weighted by Gasteiger charge is -2.36. The molecule has 1 fully saturated rings. The van der Waals surface area contributed by atoms with Crippen LogP contribution in [-0.4, -0.2) is 47.8 Å². The first-order valence-corrected chi connectivity index (χ1v) is 10.6. The third-order valence-corrected chi connectivity index (χ3v) is 5.55. The van der Waals surface area contributed by atoms with Gasteiger partial charge in [-0.2, -0.15) is 4.98 Å². The van der Waals surface area contributed by atoms with Gasteiger partial charge in [0.25, 0.3) is 5.91 Å². The second kappa shape index (κ2) is 9.47. The van der Waals surface area contributed by atoms with Crippen molar-refractivity contribution in [2.24, 2.45) is 0 Å². The van der Waals surface area contributed by atoms with Crippen molar-refractivity contribution in [2.45, 2.75) is 13.5 Å². The average molecular weight is 431 g/mol. The molecule has 4 rings (SSSR count). The molecule has 8 nitrogen and oxygen atoms in total. The number of carbonyl (C=O) groups excluding carboxylic acids is 2. The maximum absolute atomic E-state index is 12.5. The quantitative estimate of drug-likeness (QED) is 0.579. The summed E-state index contributed by atoms with van der Waals surface area (Å²) < 4.78 is 0. The second-order valence-corrected chi connectivity index (χ2v) is 7.71. The number of ketones is 1. The SMILES string of the molecule is CC(=O)c1ccc(N2CCN(c3ncc(C(=O)NCc4ccccc4)c(N)n3)CC2)cc1. The van der Waals surface area contributed by atoms with E-state index < -0.39 is 0 Å². The van der Waals surface area contributed by atoms with Crippen LogP contribution >= 0.6 is 0 Å². The lowest BCUT2D eigenvalue weighted by Crippen LogP contribution is -2.47. The van der Waals surface area contributed by atoms with Crippen molar-refractivity contribution < 1.29 is 9.59 Å². The number of hydrogen-bond donors (Lipinski definition) is 2. The van der Waals surface area contributed by atoms with E-state index >= 15 is 0 Å². The fraction of sp³-hybridized carbons (Fsp3) is 0.250. The number of aromatic nitrogens is 2. The summed E-state index contributed by atoms with van der Waals surface area (Å²) in [5, 5.41) is 2.85. The van der Waals surface area contributed by atoms with Gasteiger partial charge in [-0.05, 0) is 36.8 Å². The van der Waals surface area contributed by atoms with Crippen LogP contribution in [0.15, 0.2) is 60.8 Å². The van der Waals surface area contributed by atoms with Gasteiger partial charge in [-0.25, -0.2) is 4.98 Å². The van der Waals surface area contributed by atoms with Gasteiger partial charge < -0.3 is 20.9 Å². The van der Waals surface area contributed by atoms with Crippen LogP contribution < -0.4 is 20.9 Å². The fourth-order valence-electron chi connectivity index (χ4n) is 3.66. The number of rotatable bonds is 6. The normalized spacial score (nSPS) is 13.7. The molecule has 0 unspecified atom stereocenters. The zero-order valence-electron chi connectivity index (χ0n) is 18.0. The van der Waals surface area contributed by atoms with Crippen molar-refractivity contribution >= 4 is 29.1 Å². The monoisotopic (exact) mass is 430 g/mol. The maximum atomic E-state index is 12.5. The summed E-state index contributed by atoms with van der Waals surface area (Å²) in [7, 11) is 0. The predicted octanol–water partition coefficient (Wildman–Crippen LogP) is 2.52. The molecular formula is C24H26N6O2.